The third-order valence-corrected chi connectivity index (χ3v) is 3.97. The summed E-state index contributed by atoms with van der Waals surface area (Å²) in [5, 5.41) is 9.19. The zero-order valence-electron chi connectivity index (χ0n) is 10.1. The van der Waals surface area contributed by atoms with E-state index in [2.05, 4.69) is 9.97 Å². The van der Waals surface area contributed by atoms with Crippen molar-refractivity contribution >= 4 is 11.8 Å². The van der Waals surface area contributed by atoms with Crippen LogP contribution in [0.25, 0.3) is 0 Å². The second-order valence-electron chi connectivity index (χ2n) is 5.08. The lowest BCUT2D eigenvalue weighted by atomic mass is 9.89. The Kier molecular flexibility index (Phi) is 2.39. The molecule has 1 aromatic rings. The van der Waals surface area contributed by atoms with E-state index in [1.807, 2.05) is 4.90 Å². The summed E-state index contributed by atoms with van der Waals surface area (Å²) in [7, 11) is 0. The van der Waals surface area contributed by atoms with Gasteiger partial charge in [-0.25, -0.2) is 4.98 Å². The highest BCUT2D eigenvalue weighted by molar-refractivity contribution is 5.73. The van der Waals surface area contributed by atoms with Gasteiger partial charge < -0.3 is 15.0 Å². The molecule has 96 valence electrons. The first-order valence-corrected chi connectivity index (χ1v) is 6.15. The number of aryl methyl sites for hydroxylation is 1. The molecule has 2 fully saturated rings. The fourth-order valence-electron chi connectivity index (χ4n) is 3.31. The minimum Gasteiger partial charge on any atom is -0.481 e. The summed E-state index contributed by atoms with van der Waals surface area (Å²) in [6, 6.07) is 1.66. The number of carboxylic acids is 1. The smallest absolute Gasteiger partial charge is 0.308 e. The average molecular weight is 249 g/mol. The zero-order valence-corrected chi connectivity index (χ0v) is 10.1. The van der Waals surface area contributed by atoms with Crippen molar-refractivity contribution in [3.63, 3.8) is 0 Å². The van der Waals surface area contributed by atoms with Gasteiger partial charge in [-0.3, -0.25) is 9.59 Å². The molecule has 0 aromatic carbocycles. The number of carboxylic acid groups (broad SMARTS) is 1. The lowest BCUT2D eigenvalue weighted by molar-refractivity contribution is -0.142. The summed E-state index contributed by atoms with van der Waals surface area (Å²) in [5.74, 6) is 0.113. The minimum absolute atomic E-state index is 0.0128. The predicted octanol–water partition coefficient (Wildman–Crippen LogP) is 0.520. The Bertz CT molecular complexity index is 554. The molecule has 2 aliphatic rings. The van der Waals surface area contributed by atoms with Crippen LogP contribution in [-0.4, -0.2) is 33.1 Å². The van der Waals surface area contributed by atoms with Crippen LogP contribution in [0, 0.1) is 12.8 Å². The van der Waals surface area contributed by atoms with Gasteiger partial charge in [0.05, 0.1) is 5.92 Å². The Morgan fingerprint density at radius 2 is 2.33 bits per heavy atom. The van der Waals surface area contributed by atoms with Gasteiger partial charge in [-0.15, -0.1) is 0 Å². The van der Waals surface area contributed by atoms with Gasteiger partial charge in [0, 0.05) is 18.2 Å². The lowest BCUT2D eigenvalue weighted by Crippen LogP contribution is -2.34. The molecule has 0 saturated carbocycles. The summed E-state index contributed by atoms with van der Waals surface area (Å²) < 4.78 is 0. The second kappa shape index (κ2) is 3.83. The van der Waals surface area contributed by atoms with E-state index in [-0.39, 0.29) is 23.6 Å². The van der Waals surface area contributed by atoms with Crippen LogP contribution >= 0.6 is 0 Å². The molecule has 6 heteroatoms. The number of nitrogens with one attached hydrogen (secondary N) is 1. The number of aromatic nitrogens is 2. The largest absolute Gasteiger partial charge is 0.481 e. The Morgan fingerprint density at radius 1 is 1.56 bits per heavy atom. The van der Waals surface area contributed by atoms with Crippen molar-refractivity contribution in [3.05, 3.63) is 22.2 Å². The minimum atomic E-state index is -0.742. The molecule has 2 N–H and O–H groups in total. The van der Waals surface area contributed by atoms with Gasteiger partial charge in [0.25, 0.3) is 5.56 Å². The van der Waals surface area contributed by atoms with E-state index in [1.165, 1.54) is 6.07 Å². The first-order valence-electron chi connectivity index (χ1n) is 6.15. The Balaban J connectivity index is 1.98. The van der Waals surface area contributed by atoms with Crippen LogP contribution in [0.3, 0.4) is 0 Å². The van der Waals surface area contributed by atoms with Gasteiger partial charge in [0.1, 0.15) is 11.6 Å². The molecule has 3 atom stereocenters. The molecule has 6 nitrogen and oxygen atoms in total. The molecule has 3 heterocycles. The lowest BCUT2D eigenvalue weighted by Gasteiger charge is -2.24. The van der Waals surface area contributed by atoms with Crippen LogP contribution in [0.2, 0.25) is 0 Å². The summed E-state index contributed by atoms with van der Waals surface area (Å²) >= 11 is 0. The Morgan fingerprint density at radius 3 is 2.94 bits per heavy atom. The molecule has 18 heavy (non-hydrogen) atoms. The Hall–Kier alpha value is -1.85. The van der Waals surface area contributed by atoms with Crippen molar-refractivity contribution in [1.29, 1.82) is 0 Å². The summed E-state index contributed by atoms with van der Waals surface area (Å²) in [6.45, 7) is 1.73. The number of carbonyl (C=O) groups is 1. The van der Waals surface area contributed by atoms with E-state index in [1.54, 1.807) is 6.92 Å². The maximum atomic E-state index is 11.5. The van der Waals surface area contributed by atoms with Gasteiger partial charge in [0.2, 0.25) is 0 Å². The summed E-state index contributed by atoms with van der Waals surface area (Å²) in [6.07, 6.45) is 2.52. The van der Waals surface area contributed by atoms with Crippen molar-refractivity contribution in [2.24, 2.45) is 5.92 Å². The van der Waals surface area contributed by atoms with Gasteiger partial charge in [-0.05, 0) is 26.2 Å². The van der Waals surface area contributed by atoms with Crippen molar-refractivity contribution < 1.29 is 9.90 Å². The molecule has 0 aliphatic carbocycles. The first-order chi connectivity index (χ1) is 8.56. The van der Waals surface area contributed by atoms with Gasteiger partial charge >= 0.3 is 5.97 Å². The SMILES string of the molecule is Cc1nc(N2C3CCC2C(C(=O)O)C3)cc(=O)[nH]1. The van der Waals surface area contributed by atoms with Gasteiger partial charge in [-0.1, -0.05) is 0 Å². The van der Waals surface area contributed by atoms with E-state index in [0.29, 0.717) is 18.1 Å². The second-order valence-corrected chi connectivity index (χ2v) is 5.08. The van der Waals surface area contributed by atoms with Crippen molar-refractivity contribution in [2.45, 2.75) is 38.3 Å². The number of anilines is 1. The average Bonchev–Trinajstić information content (AvgIpc) is 2.84. The Labute approximate surface area is 104 Å². The maximum absolute atomic E-state index is 11.5. The predicted molar refractivity (Wildman–Crippen MR) is 64.6 cm³/mol. The van der Waals surface area contributed by atoms with Crippen LogP contribution < -0.4 is 10.5 Å². The molecule has 0 amide bonds. The standard InChI is InChI=1S/C12H15N3O3/c1-6-13-10(5-11(16)14-6)15-7-2-3-9(15)8(4-7)12(17)18/h5,7-9H,2-4H2,1H3,(H,17,18)(H,13,14,16). The topological polar surface area (TPSA) is 86.3 Å². The molecular weight excluding hydrogens is 234 g/mol. The quantitative estimate of drug-likeness (QED) is 0.798. The third-order valence-electron chi connectivity index (χ3n) is 3.97. The highest BCUT2D eigenvalue weighted by atomic mass is 16.4. The van der Waals surface area contributed by atoms with Crippen molar-refractivity contribution in [1.82, 2.24) is 9.97 Å². The number of rotatable bonds is 2. The van der Waals surface area contributed by atoms with E-state index >= 15 is 0 Å². The van der Waals surface area contributed by atoms with Crippen LogP contribution in [0.4, 0.5) is 5.82 Å². The highest BCUT2D eigenvalue weighted by Crippen LogP contribution is 2.43. The van der Waals surface area contributed by atoms with Crippen LogP contribution in [0.5, 0.6) is 0 Å². The normalized spacial score (nSPS) is 29.8. The highest BCUT2D eigenvalue weighted by Gasteiger charge is 2.49. The molecule has 2 saturated heterocycles. The fourth-order valence-corrected chi connectivity index (χ4v) is 3.31. The van der Waals surface area contributed by atoms with Crippen LogP contribution in [0.1, 0.15) is 25.1 Å². The van der Waals surface area contributed by atoms with Crippen LogP contribution in [-0.2, 0) is 4.79 Å². The first kappa shape index (κ1) is 11.3. The zero-order chi connectivity index (χ0) is 12.9. The molecule has 2 aliphatic heterocycles. The summed E-state index contributed by atoms with van der Waals surface area (Å²) in [4.78, 5) is 31.6. The molecule has 0 spiro atoms. The number of hydrogen-bond donors (Lipinski definition) is 2. The molecule has 3 rings (SSSR count). The van der Waals surface area contributed by atoms with Crippen LogP contribution in [0.15, 0.2) is 10.9 Å². The number of aliphatic carboxylic acids is 1. The maximum Gasteiger partial charge on any atom is 0.308 e. The molecular formula is C12H15N3O3. The molecule has 0 radical (unpaired) electrons. The van der Waals surface area contributed by atoms with E-state index in [4.69, 9.17) is 0 Å². The number of H-pyrrole nitrogens is 1. The number of aromatic amines is 1. The van der Waals surface area contributed by atoms with Crippen molar-refractivity contribution in [2.75, 3.05) is 4.90 Å². The number of fused-ring (bicyclic) bond motifs is 2. The summed E-state index contributed by atoms with van der Waals surface area (Å²) in [5.41, 5.74) is -0.185. The van der Waals surface area contributed by atoms with E-state index < -0.39 is 5.97 Å². The molecule has 3 unspecified atom stereocenters. The van der Waals surface area contributed by atoms with Gasteiger partial charge in [-0.2, -0.15) is 0 Å². The molecule has 2 bridgehead atoms. The monoisotopic (exact) mass is 249 g/mol. The third kappa shape index (κ3) is 1.60. The van der Waals surface area contributed by atoms with Crippen molar-refractivity contribution in [3.8, 4) is 0 Å². The van der Waals surface area contributed by atoms with E-state index in [0.717, 1.165) is 12.8 Å². The number of nitrogens with zero attached hydrogens (tertiary/aromatic N) is 2. The van der Waals surface area contributed by atoms with E-state index in [9.17, 15) is 14.7 Å². The number of hydrogen-bond acceptors (Lipinski definition) is 4. The molecule has 1 aromatic heterocycles. The van der Waals surface area contributed by atoms with Gasteiger partial charge in [0.15, 0.2) is 0 Å². The fraction of sp³-hybridized carbons (Fsp3) is 0.583.